The number of carbonyl (C=O) groups is 1. The number of hydrogen-bond acceptors (Lipinski definition) is 3. The molecule has 0 aromatic heterocycles. The number of carbonyl (C=O) groups excluding carboxylic acids is 1. The summed E-state index contributed by atoms with van der Waals surface area (Å²) in [6, 6.07) is 6.57. The van der Waals surface area contributed by atoms with E-state index < -0.39 is 7.12 Å². The van der Waals surface area contributed by atoms with Gasteiger partial charge in [0.1, 0.15) is 0 Å². The lowest BCUT2D eigenvalue weighted by molar-refractivity contribution is -0.119. The Labute approximate surface area is 82.7 Å². The number of hydrogen-bond donors (Lipinski definition) is 3. The first kappa shape index (κ1) is 10.8. The molecule has 1 rings (SSSR count). The Morgan fingerprint density at radius 3 is 2.36 bits per heavy atom. The topological polar surface area (TPSA) is 69.6 Å². The maximum Gasteiger partial charge on any atom is 0.488 e. The van der Waals surface area contributed by atoms with Crippen LogP contribution in [0, 0.1) is 0 Å². The van der Waals surface area contributed by atoms with Gasteiger partial charge >= 0.3 is 7.12 Å². The summed E-state index contributed by atoms with van der Waals surface area (Å²) >= 11 is 0. The van der Waals surface area contributed by atoms with Gasteiger partial charge in [-0.3, -0.25) is 4.79 Å². The van der Waals surface area contributed by atoms with Gasteiger partial charge in [-0.15, -0.1) is 0 Å². The molecule has 1 aromatic rings. The molecule has 0 aliphatic heterocycles. The fourth-order valence-electron chi connectivity index (χ4n) is 1.08. The molecule has 3 N–H and O–H groups in total. The smallest absolute Gasteiger partial charge is 0.423 e. The molecule has 1 aromatic carbocycles. The monoisotopic (exact) mass is 193 g/mol. The van der Waals surface area contributed by atoms with Crippen LogP contribution in [0.3, 0.4) is 0 Å². The zero-order valence-corrected chi connectivity index (χ0v) is 7.90. The van der Waals surface area contributed by atoms with Crippen molar-refractivity contribution >= 4 is 18.5 Å². The zero-order chi connectivity index (χ0) is 10.6. The summed E-state index contributed by atoms with van der Waals surface area (Å²) in [5.74, 6) is -0.0673. The van der Waals surface area contributed by atoms with Gasteiger partial charge in [0, 0.05) is 7.05 Å². The highest BCUT2D eigenvalue weighted by Crippen LogP contribution is 1.98. The lowest BCUT2D eigenvalue weighted by Crippen LogP contribution is -2.29. The number of nitrogens with one attached hydrogen (secondary N) is 1. The quantitative estimate of drug-likeness (QED) is 0.520. The molecular formula is C9H12BNO3. The molecule has 0 atom stereocenters. The Kier molecular flexibility index (Phi) is 3.68. The van der Waals surface area contributed by atoms with Crippen LogP contribution >= 0.6 is 0 Å². The molecule has 0 saturated heterocycles. The molecule has 0 spiro atoms. The van der Waals surface area contributed by atoms with E-state index in [1.54, 1.807) is 31.3 Å². The van der Waals surface area contributed by atoms with Gasteiger partial charge in [0.05, 0.1) is 6.42 Å². The fraction of sp³-hybridized carbons (Fsp3) is 0.222. The molecule has 5 heteroatoms. The lowest BCUT2D eigenvalue weighted by Gasteiger charge is -2.02. The van der Waals surface area contributed by atoms with Crippen molar-refractivity contribution in [3.05, 3.63) is 29.8 Å². The van der Waals surface area contributed by atoms with E-state index in [1.165, 1.54) is 0 Å². The fourth-order valence-corrected chi connectivity index (χ4v) is 1.08. The van der Waals surface area contributed by atoms with Crippen LogP contribution < -0.4 is 10.8 Å². The molecule has 0 bridgehead atoms. The van der Waals surface area contributed by atoms with Gasteiger partial charge in [0.2, 0.25) is 5.91 Å². The Hall–Kier alpha value is -1.33. The molecule has 0 aliphatic carbocycles. The van der Waals surface area contributed by atoms with Gasteiger partial charge < -0.3 is 15.4 Å². The van der Waals surface area contributed by atoms with Crippen LogP contribution in [0.1, 0.15) is 5.56 Å². The minimum Gasteiger partial charge on any atom is -0.423 e. The summed E-state index contributed by atoms with van der Waals surface area (Å²) in [6.07, 6.45) is 0.304. The van der Waals surface area contributed by atoms with Gasteiger partial charge in [0.25, 0.3) is 0 Å². The minimum atomic E-state index is -1.45. The average Bonchev–Trinajstić information content (AvgIpc) is 2.18. The van der Waals surface area contributed by atoms with Crippen LogP contribution in [-0.4, -0.2) is 30.1 Å². The average molecular weight is 193 g/mol. The summed E-state index contributed by atoms with van der Waals surface area (Å²) in [5, 5.41) is 20.2. The lowest BCUT2D eigenvalue weighted by atomic mass is 9.80. The molecule has 0 aliphatic rings. The second-order valence-electron chi connectivity index (χ2n) is 2.97. The molecule has 4 nitrogen and oxygen atoms in total. The molecule has 0 heterocycles. The van der Waals surface area contributed by atoms with Gasteiger partial charge in [-0.1, -0.05) is 24.3 Å². The van der Waals surface area contributed by atoms with Crippen molar-refractivity contribution in [3.8, 4) is 0 Å². The second-order valence-corrected chi connectivity index (χ2v) is 2.97. The van der Waals surface area contributed by atoms with Crippen LogP contribution in [0.25, 0.3) is 0 Å². The predicted octanol–water partition coefficient (Wildman–Crippen LogP) is -1.35. The van der Waals surface area contributed by atoms with E-state index in [-0.39, 0.29) is 5.91 Å². The van der Waals surface area contributed by atoms with Crippen LogP contribution in [0.5, 0.6) is 0 Å². The van der Waals surface area contributed by atoms with Crippen LogP contribution in [0.15, 0.2) is 24.3 Å². The number of likely N-dealkylation sites (N-methyl/N-ethyl adjacent to an activating group) is 1. The summed E-state index contributed by atoms with van der Waals surface area (Å²) in [7, 11) is 0.123. The van der Waals surface area contributed by atoms with E-state index >= 15 is 0 Å². The Morgan fingerprint density at radius 1 is 1.36 bits per heavy atom. The zero-order valence-electron chi connectivity index (χ0n) is 7.90. The highest BCUT2D eigenvalue weighted by molar-refractivity contribution is 6.58. The summed E-state index contributed by atoms with van der Waals surface area (Å²) in [4.78, 5) is 11.0. The van der Waals surface area contributed by atoms with Crippen molar-refractivity contribution in [2.45, 2.75) is 6.42 Å². The maximum atomic E-state index is 11.0. The van der Waals surface area contributed by atoms with E-state index in [0.29, 0.717) is 11.9 Å². The molecular weight excluding hydrogens is 181 g/mol. The van der Waals surface area contributed by atoms with E-state index in [1.807, 2.05) is 0 Å². The van der Waals surface area contributed by atoms with Gasteiger partial charge in [0.15, 0.2) is 0 Å². The van der Waals surface area contributed by atoms with Crippen LogP contribution in [0.4, 0.5) is 0 Å². The number of benzene rings is 1. The summed E-state index contributed by atoms with van der Waals surface area (Å²) < 4.78 is 0. The first-order valence-corrected chi connectivity index (χ1v) is 4.29. The first-order valence-electron chi connectivity index (χ1n) is 4.29. The van der Waals surface area contributed by atoms with Crippen molar-refractivity contribution in [2.24, 2.45) is 0 Å². The Morgan fingerprint density at radius 2 is 1.93 bits per heavy atom. The SMILES string of the molecule is CNC(=O)Cc1ccc(B(O)O)cc1. The molecule has 74 valence electrons. The molecule has 0 fully saturated rings. The third-order valence-corrected chi connectivity index (χ3v) is 1.92. The Bertz CT molecular complexity index is 310. The van der Waals surface area contributed by atoms with Crippen molar-refractivity contribution in [1.29, 1.82) is 0 Å². The number of rotatable bonds is 3. The third-order valence-electron chi connectivity index (χ3n) is 1.92. The molecule has 0 unspecified atom stereocenters. The molecule has 0 radical (unpaired) electrons. The molecule has 14 heavy (non-hydrogen) atoms. The minimum absolute atomic E-state index is 0.0673. The van der Waals surface area contributed by atoms with Gasteiger partial charge in [-0.25, -0.2) is 0 Å². The molecule has 0 saturated carbocycles. The number of amides is 1. The standard InChI is InChI=1S/C9H12BNO3/c1-11-9(12)6-7-2-4-8(5-3-7)10(13)14/h2-5,13-14H,6H2,1H3,(H,11,12). The summed E-state index contributed by atoms with van der Waals surface area (Å²) in [6.45, 7) is 0. The van der Waals surface area contributed by atoms with Crippen LogP contribution in [-0.2, 0) is 11.2 Å². The van der Waals surface area contributed by atoms with E-state index in [0.717, 1.165) is 5.56 Å². The first-order chi connectivity index (χ1) is 6.63. The predicted molar refractivity (Wildman–Crippen MR) is 54.0 cm³/mol. The van der Waals surface area contributed by atoms with Crippen molar-refractivity contribution in [3.63, 3.8) is 0 Å². The summed E-state index contributed by atoms with van der Waals surface area (Å²) in [5.41, 5.74) is 1.26. The maximum absolute atomic E-state index is 11.0. The van der Waals surface area contributed by atoms with E-state index in [4.69, 9.17) is 10.0 Å². The molecule has 1 amide bonds. The third kappa shape index (κ3) is 2.87. The van der Waals surface area contributed by atoms with Crippen LogP contribution in [0.2, 0.25) is 0 Å². The highest BCUT2D eigenvalue weighted by Gasteiger charge is 2.10. The Balaban J connectivity index is 2.69. The van der Waals surface area contributed by atoms with Gasteiger partial charge in [-0.2, -0.15) is 0 Å². The van der Waals surface area contributed by atoms with Crippen molar-refractivity contribution < 1.29 is 14.8 Å². The van der Waals surface area contributed by atoms with Gasteiger partial charge in [-0.05, 0) is 11.0 Å². The highest BCUT2D eigenvalue weighted by atomic mass is 16.4. The van der Waals surface area contributed by atoms with E-state index in [2.05, 4.69) is 5.32 Å². The largest absolute Gasteiger partial charge is 0.488 e. The normalized spacial score (nSPS) is 9.64. The van der Waals surface area contributed by atoms with E-state index in [9.17, 15) is 4.79 Å². The van der Waals surface area contributed by atoms with Crippen molar-refractivity contribution in [2.75, 3.05) is 7.05 Å². The second kappa shape index (κ2) is 4.78. The van der Waals surface area contributed by atoms with Crippen molar-refractivity contribution in [1.82, 2.24) is 5.32 Å².